The van der Waals surface area contributed by atoms with E-state index in [1.807, 2.05) is 14.0 Å². The first kappa shape index (κ1) is 28.6. The second-order valence-corrected chi connectivity index (χ2v) is 11.6. The second kappa shape index (κ2) is 10.8. The van der Waals surface area contributed by atoms with Crippen molar-refractivity contribution in [2.24, 2.45) is 5.10 Å². The van der Waals surface area contributed by atoms with Crippen molar-refractivity contribution in [3.05, 3.63) is 88.3 Å². The summed E-state index contributed by atoms with van der Waals surface area (Å²) in [4.78, 5) is 2.23. The third kappa shape index (κ3) is 5.37. The zero-order valence-corrected chi connectivity index (χ0v) is 23.4. The van der Waals surface area contributed by atoms with Crippen LogP contribution in [0.1, 0.15) is 38.0 Å². The fraction of sp³-hybridized carbons (Fsp3) is 0.414. The fourth-order valence-corrected chi connectivity index (χ4v) is 5.49. The van der Waals surface area contributed by atoms with Crippen LogP contribution in [0.3, 0.4) is 0 Å². The molecule has 0 aliphatic carbocycles. The summed E-state index contributed by atoms with van der Waals surface area (Å²) in [5, 5.41) is 9.61. The topological polar surface area (TPSA) is 53.2 Å². The molecule has 3 atom stereocenters. The lowest BCUT2D eigenvalue weighted by atomic mass is 9.78. The molecule has 2 aliphatic rings. The maximum atomic E-state index is 15.2. The molecule has 1 N–H and O–H groups in total. The molecule has 40 heavy (non-hydrogen) atoms. The van der Waals surface area contributed by atoms with Gasteiger partial charge in [-0.05, 0) is 75.8 Å². The van der Waals surface area contributed by atoms with Crippen LogP contribution in [0.4, 0.5) is 23.2 Å². The van der Waals surface area contributed by atoms with E-state index in [2.05, 4.69) is 29.2 Å². The van der Waals surface area contributed by atoms with Crippen LogP contribution < -0.4 is 10.3 Å². The van der Waals surface area contributed by atoms with Crippen LogP contribution in [0, 0.1) is 23.3 Å². The van der Waals surface area contributed by atoms with Crippen LogP contribution in [0.2, 0.25) is 5.22 Å². The number of likely N-dealkylation sites (N-methyl/N-ethyl adjacent to an activating group) is 1. The fourth-order valence-electron chi connectivity index (χ4n) is 5.33. The smallest absolute Gasteiger partial charge is 0.193 e. The Hall–Kier alpha value is -2.92. The number of nitrogens with one attached hydrogen (secondary N) is 1. The first-order valence-electron chi connectivity index (χ1n) is 13.0. The third-order valence-corrected chi connectivity index (χ3v) is 8.05. The molecule has 1 fully saturated rings. The van der Waals surface area contributed by atoms with Gasteiger partial charge in [-0.2, -0.15) is 5.10 Å². The highest BCUT2D eigenvalue weighted by Gasteiger charge is 2.52. The van der Waals surface area contributed by atoms with Gasteiger partial charge < -0.3 is 14.5 Å². The molecule has 3 unspecified atom stereocenters. The van der Waals surface area contributed by atoms with E-state index in [-0.39, 0.29) is 40.4 Å². The molecule has 214 valence electrons. The lowest BCUT2D eigenvalue weighted by Crippen LogP contribution is -2.58. The summed E-state index contributed by atoms with van der Waals surface area (Å²) < 4.78 is 69.9. The lowest BCUT2D eigenvalue weighted by molar-refractivity contribution is -0.0864. The van der Waals surface area contributed by atoms with Crippen LogP contribution in [-0.4, -0.2) is 61.1 Å². The lowest BCUT2D eigenvalue weighted by Gasteiger charge is -2.44. The molecule has 2 aliphatic heterocycles. The highest BCUT2D eigenvalue weighted by atomic mass is 35.5. The summed E-state index contributed by atoms with van der Waals surface area (Å²) in [5.41, 5.74) is -0.991. The molecule has 0 amide bonds. The average Bonchev–Trinajstić information content (AvgIpc) is 3.42. The van der Waals surface area contributed by atoms with Crippen LogP contribution in [0.25, 0.3) is 0 Å². The predicted molar refractivity (Wildman–Crippen MR) is 146 cm³/mol. The molecular weight excluding hydrogens is 548 g/mol. The van der Waals surface area contributed by atoms with E-state index < -0.39 is 34.7 Å². The Labute approximate surface area is 235 Å². The van der Waals surface area contributed by atoms with E-state index in [9.17, 15) is 8.78 Å². The highest BCUT2D eigenvalue weighted by Crippen LogP contribution is 2.46. The van der Waals surface area contributed by atoms with Gasteiger partial charge in [0, 0.05) is 42.9 Å². The van der Waals surface area contributed by atoms with Crippen LogP contribution >= 0.6 is 11.6 Å². The van der Waals surface area contributed by atoms with Crippen molar-refractivity contribution in [2.75, 3.05) is 38.3 Å². The van der Waals surface area contributed by atoms with Gasteiger partial charge in [-0.15, -0.1) is 0 Å². The SMILES string of the molecule is CN1CC(CNCC2(C)C(c3ccc(Cl)o3)C(c3ccc(F)cc3F)=NN2c2ccc(F)cc2F)OCC1(C)C. The maximum absolute atomic E-state index is 15.2. The average molecular weight is 579 g/mol. The molecule has 0 bridgehead atoms. The molecule has 1 saturated heterocycles. The summed E-state index contributed by atoms with van der Waals surface area (Å²) in [6.45, 7) is 7.99. The number of hydrazone groups is 1. The molecule has 5 rings (SSSR count). The number of nitrogens with zero attached hydrogens (tertiary/aromatic N) is 3. The molecule has 6 nitrogen and oxygen atoms in total. The van der Waals surface area contributed by atoms with E-state index >= 15 is 8.78 Å². The molecule has 2 aromatic carbocycles. The van der Waals surface area contributed by atoms with Gasteiger partial charge in [-0.1, -0.05) is 0 Å². The Bertz CT molecular complexity index is 1430. The molecule has 0 saturated carbocycles. The summed E-state index contributed by atoms with van der Waals surface area (Å²) >= 11 is 6.13. The van der Waals surface area contributed by atoms with Crippen LogP contribution in [-0.2, 0) is 4.74 Å². The zero-order valence-electron chi connectivity index (χ0n) is 22.6. The highest BCUT2D eigenvalue weighted by molar-refractivity contribution is 6.28. The van der Waals surface area contributed by atoms with Crippen LogP contribution in [0.5, 0.6) is 0 Å². The normalized spacial score (nSPS) is 24.9. The van der Waals surface area contributed by atoms with Crippen molar-refractivity contribution in [1.29, 1.82) is 0 Å². The van der Waals surface area contributed by atoms with Crippen molar-refractivity contribution in [3.8, 4) is 0 Å². The number of benzene rings is 2. The Balaban J connectivity index is 1.55. The van der Waals surface area contributed by atoms with E-state index in [1.165, 1.54) is 17.1 Å². The summed E-state index contributed by atoms with van der Waals surface area (Å²) in [5.74, 6) is -3.58. The van der Waals surface area contributed by atoms with Crippen molar-refractivity contribution in [1.82, 2.24) is 10.2 Å². The Morgan fingerprint density at radius 1 is 1.00 bits per heavy atom. The number of rotatable bonds is 7. The van der Waals surface area contributed by atoms with Gasteiger partial charge in [0.15, 0.2) is 11.0 Å². The van der Waals surface area contributed by atoms with E-state index in [0.717, 1.165) is 24.3 Å². The van der Waals surface area contributed by atoms with Crippen molar-refractivity contribution in [2.45, 2.75) is 43.9 Å². The molecule has 0 spiro atoms. The number of furan rings is 1. The van der Waals surface area contributed by atoms with Crippen LogP contribution in [0.15, 0.2) is 58.0 Å². The number of morpholine rings is 1. The van der Waals surface area contributed by atoms with Gasteiger partial charge in [-0.25, -0.2) is 17.6 Å². The molecule has 3 heterocycles. The number of hydrogen-bond donors (Lipinski definition) is 1. The minimum Gasteiger partial charge on any atom is -0.449 e. The maximum Gasteiger partial charge on any atom is 0.193 e. The van der Waals surface area contributed by atoms with Gasteiger partial charge in [-0.3, -0.25) is 9.91 Å². The molecule has 0 radical (unpaired) electrons. The minimum atomic E-state index is -1.10. The quantitative estimate of drug-likeness (QED) is 0.351. The number of anilines is 1. The van der Waals surface area contributed by atoms with E-state index in [4.69, 9.17) is 20.8 Å². The van der Waals surface area contributed by atoms with E-state index in [0.29, 0.717) is 25.5 Å². The summed E-state index contributed by atoms with van der Waals surface area (Å²) in [7, 11) is 2.04. The zero-order chi connectivity index (χ0) is 28.8. The molecule has 11 heteroatoms. The minimum absolute atomic E-state index is 0.0127. The van der Waals surface area contributed by atoms with Crippen molar-refractivity contribution >= 4 is 23.0 Å². The molecule has 1 aromatic heterocycles. The number of ether oxygens (including phenoxy) is 1. The van der Waals surface area contributed by atoms with Crippen molar-refractivity contribution in [3.63, 3.8) is 0 Å². The summed E-state index contributed by atoms with van der Waals surface area (Å²) in [6.07, 6.45) is -0.106. The van der Waals surface area contributed by atoms with Gasteiger partial charge in [0.25, 0.3) is 0 Å². The second-order valence-electron chi connectivity index (χ2n) is 11.2. The number of halogens is 5. The van der Waals surface area contributed by atoms with Gasteiger partial charge >= 0.3 is 0 Å². The predicted octanol–water partition coefficient (Wildman–Crippen LogP) is 5.96. The monoisotopic (exact) mass is 578 g/mol. The largest absolute Gasteiger partial charge is 0.449 e. The van der Waals surface area contributed by atoms with Gasteiger partial charge in [0.1, 0.15) is 23.2 Å². The Morgan fingerprint density at radius 2 is 1.70 bits per heavy atom. The van der Waals surface area contributed by atoms with Gasteiger partial charge in [0.05, 0.1) is 35.6 Å². The van der Waals surface area contributed by atoms with Crippen molar-refractivity contribution < 1.29 is 26.7 Å². The Kier molecular flexibility index (Phi) is 7.73. The molecule has 3 aromatic rings. The number of hydrogen-bond acceptors (Lipinski definition) is 6. The third-order valence-electron chi connectivity index (χ3n) is 7.85. The van der Waals surface area contributed by atoms with E-state index in [1.54, 1.807) is 12.1 Å². The standard InChI is InChI=1S/C29H31ClF4N4O2/c1-28(2)16-39-19(14-37(28)4)13-35-15-29(3)26(24-9-10-25(30)40-24)27(20-7-5-17(31)11-21(20)33)36-38(29)23-8-6-18(32)12-22(23)34/h5-12,19,26,35H,13-16H2,1-4H3. The van der Waals surface area contributed by atoms with Gasteiger partial charge in [0.2, 0.25) is 0 Å². The molecular formula is C29H31ClF4N4O2. The first-order valence-corrected chi connectivity index (χ1v) is 13.3. The Morgan fingerprint density at radius 3 is 2.33 bits per heavy atom. The first-order chi connectivity index (χ1) is 18.9. The summed E-state index contributed by atoms with van der Waals surface area (Å²) in [6, 6.07) is 9.55.